The van der Waals surface area contributed by atoms with E-state index >= 15 is 0 Å². The van der Waals surface area contributed by atoms with Gasteiger partial charge in [-0.2, -0.15) is 0 Å². The minimum absolute atomic E-state index is 0.686. The van der Waals surface area contributed by atoms with Gasteiger partial charge in [0.25, 0.3) is 0 Å². The Labute approximate surface area is 62.9 Å². The molecule has 0 aromatic carbocycles. The molecule has 1 saturated heterocycles. The molecule has 1 nitrogen and oxygen atoms in total. The quantitative estimate of drug-likeness (QED) is 0.448. The molecule has 1 spiro atoms. The molecular formula is C6H9IO. The summed E-state index contributed by atoms with van der Waals surface area (Å²) in [7, 11) is 0. The molecule has 2 fully saturated rings. The molecule has 2 rings (SSSR count). The zero-order valence-corrected chi connectivity index (χ0v) is 6.85. The van der Waals surface area contributed by atoms with Crippen molar-refractivity contribution in [2.45, 2.75) is 16.8 Å². The van der Waals surface area contributed by atoms with Crippen molar-refractivity contribution in [3.63, 3.8) is 0 Å². The molecule has 0 aromatic rings. The van der Waals surface area contributed by atoms with E-state index in [1.54, 1.807) is 0 Å². The van der Waals surface area contributed by atoms with Crippen molar-refractivity contribution in [3.05, 3.63) is 0 Å². The lowest BCUT2D eigenvalue weighted by molar-refractivity contribution is -0.150. The molecule has 0 radical (unpaired) electrons. The van der Waals surface area contributed by atoms with Gasteiger partial charge >= 0.3 is 0 Å². The molecule has 0 aromatic heterocycles. The van der Waals surface area contributed by atoms with Gasteiger partial charge in [-0.05, 0) is 12.8 Å². The summed E-state index contributed by atoms with van der Waals surface area (Å²) in [4.78, 5) is 0. The number of hydrogen-bond donors (Lipinski definition) is 0. The van der Waals surface area contributed by atoms with Crippen LogP contribution in [-0.4, -0.2) is 17.1 Å². The van der Waals surface area contributed by atoms with E-state index in [2.05, 4.69) is 22.6 Å². The summed E-state index contributed by atoms with van der Waals surface area (Å²) in [5.74, 6) is 0. The van der Waals surface area contributed by atoms with Crippen LogP contribution in [0.1, 0.15) is 12.8 Å². The highest BCUT2D eigenvalue weighted by Crippen LogP contribution is 2.50. The predicted molar refractivity (Wildman–Crippen MR) is 40.3 cm³/mol. The smallest absolute Gasteiger partial charge is 0.0545 e. The summed E-state index contributed by atoms with van der Waals surface area (Å²) in [6, 6.07) is 0. The van der Waals surface area contributed by atoms with Gasteiger partial charge in [-0.3, -0.25) is 0 Å². The van der Waals surface area contributed by atoms with Crippen molar-refractivity contribution >= 4 is 22.6 Å². The first kappa shape index (κ1) is 5.47. The Bertz CT molecular complexity index is 101. The van der Waals surface area contributed by atoms with Gasteiger partial charge in [0, 0.05) is 9.34 Å². The molecule has 0 atom stereocenters. The van der Waals surface area contributed by atoms with Crippen LogP contribution in [0.3, 0.4) is 0 Å². The Balaban J connectivity index is 1.92. The maximum atomic E-state index is 5.12. The van der Waals surface area contributed by atoms with Crippen LogP contribution in [0.4, 0.5) is 0 Å². The Morgan fingerprint density at radius 1 is 1.38 bits per heavy atom. The van der Waals surface area contributed by atoms with E-state index in [9.17, 15) is 0 Å². The van der Waals surface area contributed by atoms with Crippen molar-refractivity contribution in [2.24, 2.45) is 5.41 Å². The summed E-state index contributed by atoms with van der Waals surface area (Å²) in [5.41, 5.74) is 0.686. The normalized spacial score (nSPS) is 34.1. The molecule has 0 unspecified atom stereocenters. The van der Waals surface area contributed by atoms with Crippen LogP contribution in [0, 0.1) is 5.41 Å². The third kappa shape index (κ3) is 0.620. The van der Waals surface area contributed by atoms with Crippen LogP contribution in [-0.2, 0) is 4.74 Å². The van der Waals surface area contributed by atoms with E-state index < -0.39 is 0 Å². The van der Waals surface area contributed by atoms with Crippen molar-refractivity contribution < 1.29 is 4.74 Å². The number of hydrogen-bond acceptors (Lipinski definition) is 1. The van der Waals surface area contributed by atoms with Gasteiger partial charge < -0.3 is 4.74 Å². The van der Waals surface area contributed by atoms with E-state index in [4.69, 9.17) is 4.74 Å². The van der Waals surface area contributed by atoms with E-state index in [1.165, 1.54) is 12.8 Å². The molecular weight excluding hydrogens is 215 g/mol. The molecule has 0 bridgehead atoms. The van der Waals surface area contributed by atoms with Gasteiger partial charge in [0.2, 0.25) is 0 Å². The zero-order valence-electron chi connectivity index (χ0n) is 4.69. The fourth-order valence-corrected chi connectivity index (χ4v) is 3.37. The fraction of sp³-hybridized carbons (Fsp3) is 1.00. The van der Waals surface area contributed by atoms with E-state index in [1.807, 2.05) is 0 Å². The third-order valence-electron chi connectivity index (χ3n) is 2.13. The molecule has 1 heterocycles. The largest absolute Gasteiger partial charge is 0.380 e. The minimum atomic E-state index is 0.686. The van der Waals surface area contributed by atoms with Gasteiger partial charge in [-0.25, -0.2) is 0 Å². The van der Waals surface area contributed by atoms with Gasteiger partial charge in [-0.1, -0.05) is 22.6 Å². The lowest BCUT2D eigenvalue weighted by Crippen LogP contribution is -2.52. The molecule has 46 valence electrons. The van der Waals surface area contributed by atoms with Crippen molar-refractivity contribution in [2.75, 3.05) is 13.2 Å². The SMILES string of the molecule is IC1CC2(COC2)C1. The second-order valence-corrected chi connectivity index (χ2v) is 4.76. The maximum Gasteiger partial charge on any atom is 0.0545 e. The summed E-state index contributed by atoms with van der Waals surface area (Å²) < 4.78 is 6.08. The number of rotatable bonds is 0. The number of ether oxygens (including phenoxy) is 1. The highest BCUT2D eigenvalue weighted by Gasteiger charge is 2.48. The van der Waals surface area contributed by atoms with Crippen molar-refractivity contribution in [1.29, 1.82) is 0 Å². The predicted octanol–water partition coefficient (Wildman–Crippen LogP) is 1.60. The van der Waals surface area contributed by atoms with E-state index in [-0.39, 0.29) is 0 Å². The second kappa shape index (κ2) is 1.59. The lowest BCUT2D eigenvalue weighted by Gasteiger charge is -2.51. The Morgan fingerprint density at radius 3 is 2.12 bits per heavy atom. The molecule has 2 aliphatic rings. The van der Waals surface area contributed by atoms with Crippen molar-refractivity contribution in [3.8, 4) is 0 Å². The molecule has 0 amide bonds. The van der Waals surface area contributed by atoms with Crippen LogP contribution in [0.5, 0.6) is 0 Å². The Hall–Kier alpha value is 0.690. The standard InChI is InChI=1S/C6H9IO/c7-5-1-6(2-5)3-8-4-6/h5H,1-4H2. The highest BCUT2D eigenvalue weighted by atomic mass is 127. The summed E-state index contributed by atoms with van der Waals surface area (Å²) >= 11 is 2.52. The topological polar surface area (TPSA) is 9.23 Å². The Morgan fingerprint density at radius 2 is 2.00 bits per heavy atom. The average molecular weight is 224 g/mol. The minimum Gasteiger partial charge on any atom is -0.380 e. The third-order valence-corrected chi connectivity index (χ3v) is 3.01. The van der Waals surface area contributed by atoms with E-state index in [0.717, 1.165) is 17.1 Å². The van der Waals surface area contributed by atoms with Crippen LogP contribution >= 0.6 is 22.6 Å². The molecule has 1 aliphatic heterocycles. The molecule has 2 heteroatoms. The highest BCUT2D eigenvalue weighted by molar-refractivity contribution is 14.1. The van der Waals surface area contributed by atoms with Crippen LogP contribution in [0.15, 0.2) is 0 Å². The number of halogens is 1. The van der Waals surface area contributed by atoms with Gasteiger partial charge in [0.1, 0.15) is 0 Å². The first-order valence-electron chi connectivity index (χ1n) is 3.03. The maximum absolute atomic E-state index is 5.12. The van der Waals surface area contributed by atoms with Gasteiger partial charge in [-0.15, -0.1) is 0 Å². The molecule has 0 N–H and O–H groups in total. The van der Waals surface area contributed by atoms with Crippen LogP contribution in [0.2, 0.25) is 0 Å². The van der Waals surface area contributed by atoms with Gasteiger partial charge in [0.05, 0.1) is 13.2 Å². The number of alkyl halides is 1. The van der Waals surface area contributed by atoms with Gasteiger partial charge in [0.15, 0.2) is 0 Å². The first-order valence-corrected chi connectivity index (χ1v) is 4.27. The van der Waals surface area contributed by atoms with Crippen molar-refractivity contribution in [1.82, 2.24) is 0 Å². The average Bonchev–Trinajstić information content (AvgIpc) is 1.51. The van der Waals surface area contributed by atoms with E-state index in [0.29, 0.717) is 5.41 Å². The second-order valence-electron chi connectivity index (χ2n) is 3.00. The fourth-order valence-electron chi connectivity index (χ4n) is 1.51. The lowest BCUT2D eigenvalue weighted by atomic mass is 9.67. The first-order chi connectivity index (χ1) is 3.81. The molecule has 1 saturated carbocycles. The Kier molecular flexibility index (Phi) is 1.09. The zero-order chi connectivity index (χ0) is 5.61. The summed E-state index contributed by atoms with van der Waals surface area (Å²) in [6.45, 7) is 2.10. The monoisotopic (exact) mass is 224 g/mol. The summed E-state index contributed by atoms with van der Waals surface area (Å²) in [5, 5.41) is 0. The summed E-state index contributed by atoms with van der Waals surface area (Å²) in [6.07, 6.45) is 2.82. The van der Waals surface area contributed by atoms with Crippen LogP contribution < -0.4 is 0 Å². The van der Waals surface area contributed by atoms with Crippen LogP contribution in [0.25, 0.3) is 0 Å². The molecule has 1 aliphatic carbocycles. The molecule has 8 heavy (non-hydrogen) atoms.